The van der Waals surface area contributed by atoms with Crippen LogP contribution in [0.5, 0.6) is 17.2 Å². The average molecular weight is 380 g/mol. The first-order valence-electron chi connectivity index (χ1n) is 8.90. The summed E-state index contributed by atoms with van der Waals surface area (Å²) in [6.45, 7) is 5.47. The van der Waals surface area contributed by atoms with E-state index in [1.54, 1.807) is 31.2 Å². The van der Waals surface area contributed by atoms with Gasteiger partial charge in [-0.05, 0) is 57.2 Å². The summed E-state index contributed by atoms with van der Waals surface area (Å²) in [6, 6.07) is 17.0. The maximum Gasteiger partial charge on any atom is 0.257 e. The quantitative estimate of drug-likeness (QED) is 0.585. The molecule has 2 aromatic carbocycles. The van der Waals surface area contributed by atoms with Crippen molar-refractivity contribution in [1.82, 2.24) is 4.98 Å². The molecule has 1 aromatic heterocycles. The summed E-state index contributed by atoms with van der Waals surface area (Å²) in [5, 5.41) is 2.78. The van der Waals surface area contributed by atoms with E-state index in [-0.39, 0.29) is 12.0 Å². The van der Waals surface area contributed by atoms with Gasteiger partial charge in [-0.1, -0.05) is 18.2 Å². The fourth-order valence-electron chi connectivity index (χ4n) is 2.62. The second kappa shape index (κ2) is 8.52. The summed E-state index contributed by atoms with van der Waals surface area (Å²) in [7, 11) is 0. The Kier molecular flexibility index (Phi) is 5.89. The van der Waals surface area contributed by atoms with Crippen molar-refractivity contribution in [2.24, 2.45) is 0 Å². The summed E-state index contributed by atoms with van der Waals surface area (Å²) in [5.41, 5.74) is 1.18. The van der Waals surface area contributed by atoms with Gasteiger partial charge in [0.05, 0.1) is 17.4 Å². The number of para-hydroxylation sites is 2. The molecule has 5 nitrogen and oxygen atoms in total. The average Bonchev–Trinajstić information content (AvgIpc) is 2.63. The zero-order valence-corrected chi connectivity index (χ0v) is 15.9. The molecule has 0 aliphatic carbocycles. The number of hydrogen-bond acceptors (Lipinski definition) is 4. The van der Waals surface area contributed by atoms with Crippen molar-refractivity contribution in [3.05, 3.63) is 77.9 Å². The van der Waals surface area contributed by atoms with Crippen molar-refractivity contribution < 1.29 is 18.7 Å². The number of rotatable bonds is 6. The normalized spacial score (nSPS) is 10.6. The first kappa shape index (κ1) is 19.4. The molecule has 1 heterocycles. The summed E-state index contributed by atoms with van der Waals surface area (Å²) < 4.78 is 24.8. The van der Waals surface area contributed by atoms with Crippen LogP contribution in [0.1, 0.15) is 29.9 Å². The second-order valence-electron chi connectivity index (χ2n) is 6.46. The number of amides is 1. The monoisotopic (exact) mass is 380 g/mol. The molecule has 3 rings (SSSR count). The molecule has 0 fully saturated rings. The highest BCUT2D eigenvalue weighted by Gasteiger charge is 2.12. The minimum Gasteiger partial charge on any atom is -0.487 e. The minimum absolute atomic E-state index is 0.0166. The fourth-order valence-corrected chi connectivity index (χ4v) is 2.62. The number of aryl methyl sites for hydroxylation is 1. The second-order valence-corrected chi connectivity index (χ2v) is 6.46. The van der Waals surface area contributed by atoms with Gasteiger partial charge in [0.2, 0.25) is 5.95 Å². The smallest absolute Gasteiger partial charge is 0.257 e. The van der Waals surface area contributed by atoms with Crippen LogP contribution in [-0.4, -0.2) is 17.0 Å². The number of benzene rings is 2. The van der Waals surface area contributed by atoms with Crippen molar-refractivity contribution in [1.29, 1.82) is 0 Å². The lowest BCUT2D eigenvalue weighted by Crippen LogP contribution is -2.14. The number of hydrogen-bond donors (Lipinski definition) is 1. The van der Waals surface area contributed by atoms with Crippen molar-refractivity contribution >= 4 is 11.6 Å². The predicted molar refractivity (Wildman–Crippen MR) is 106 cm³/mol. The Labute approximate surface area is 163 Å². The van der Waals surface area contributed by atoms with Gasteiger partial charge in [0.1, 0.15) is 5.75 Å². The van der Waals surface area contributed by atoms with Crippen molar-refractivity contribution in [3.8, 4) is 17.2 Å². The van der Waals surface area contributed by atoms with Crippen LogP contribution >= 0.6 is 0 Å². The molecule has 0 bridgehead atoms. The summed E-state index contributed by atoms with van der Waals surface area (Å²) in [4.78, 5) is 16.1. The highest BCUT2D eigenvalue weighted by molar-refractivity contribution is 6.05. The lowest BCUT2D eigenvalue weighted by molar-refractivity contribution is 0.102. The minimum atomic E-state index is -0.619. The first-order valence-corrected chi connectivity index (χ1v) is 8.90. The van der Waals surface area contributed by atoms with Gasteiger partial charge in [-0.25, -0.2) is 4.98 Å². The van der Waals surface area contributed by atoms with E-state index in [4.69, 9.17) is 9.47 Å². The molecule has 0 spiro atoms. The van der Waals surface area contributed by atoms with Crippen molar-refractivity contribution in [2.45, 2.75) is 26.9 Å². The molecule has 28 heavy (non-hydrogen) atoms. The number of carbonyl (C=O) groups excluding carboxylic acids is 1. The Balaban J connectivity index is 1.77. The van der Waals surface area contributed by atoms with Gasteiger partial charge in [-0.2, -0.15) is 4.39 Å². The van der Waals surface area contributed by atoms with Gasteiger partial charge in [0.25, 0.3) is 5.91 Å². The van der Waals surface area contributed by atoms with E-state index in [0.29, 0.717) is 34.2 Å². The van der Waals surface area contributed by atoms with E-state index in [1.807, 2.05) is 38.1 Å². The van der Waals surface area contributed by atoms with Crippen molar-refractivity contribution in [2.75, 3.05) is 5.32 Å². The molecular formula is C22H21FN2O3. The van der Waals surface area contributed by atoms with Gasteiger partial charge in [-0.3, -0.25) is 4.79 Å². The number of halogens is 1. The topological polar surface area (TPSA) is 60.5 Å². The number of aromatic nitrogens is 1. The number of carbonyl (C=O) groups is 1. The maximum absolute atomic E-state index is 13.1. The van der Waals surface area contributed by atoms with Gasteiger partial charge in [-0.15, -0.1) is 0 Å². The molecule has 3 aromatic rings. The molecule has 0 saturated carbocycles. The molecule has 144 valence electrons. The van der Waals surface area contributed by atoms with Gasteiger partial charge < -0.3 is 14.8 Å². The number of nitrogens with one attached hydrogen (secondary N) is 1. The first-order chi connectivity index (χ1) is 13.4. The van der Waals surface area contributed by atoms with Crippen LogP contribution < -0.4 is 14.8 Å². The molecule has 0 atom stereocenters. The molecule has 0 aliphatic heterocycles. The van der Waals surface area contributed by atoms with E-state index in [9.17, 15) is 9.18 Å². The predicted octanol–water partition coefficient (Wildman–Crippen LogP) is 5.36. The Morgan fingerprint density at radius 2 is 1.79 bits per heavy atom. The third-order valence-corrected chi connectivity index (χ3v) is 3.83. The molecular weight excluding hydrogens is 359 g/mol. The number of ether oxygens (including phenoxy) is 2. The standard InChI is InChI=1S/C22H21FN2O3/c1-14(2)27-19-9-4-5-10-20(19)28-17-8-6-7-16(13-17)25-22(26)18-11-12-21(23)24-15(18)3/h4-14H,1-3H3,(H,25,26). The maximum atomic E-state index is 13.1. The Morgan fingerprint density at radius 3 is 2.50 bits per heavy atom. The number of pyridine rings is 1. The van der Waals surface area contributed by atoms with E-state index < -0.39 is 5.95 Å². The lowest BCUT2D eigenvalue weighted by Gasteiger charge is -2.15. The Bertz CT molecular complexity index is 989. The zero-order chi connectivity index (χ0) is 20.1. The molecule has 0 saturated heterocycles. The summed E-state index contributed by atoms with van der Waals surface area (Å²) in [6.07, 6.45) is 0.0166. The summed E-state index contributed by atoms with van der Waals surface area (Å²) in [5.74, 6) is 0.780. The molecule has 0 radical (unpaired) electrons. The van der Waals surface area contributed by atoms with Crippen LogP contribution in [0.25, 0.3) is 0 Å². The number of nitrogens with zero attached hydrogens (tertiary/aromatic N) is 1. The highest BCUT2D eigenvalue weighted by atomic mass is 19.1. The van der Waals surface area contributed by atoms with Crippen LogP contribution in [-0.2, 0) is 0 Å². The molecule has 1 N–H and O–H groups in total. The van der Waals surface area contributed by atoms with E-state index >= 15 is 0 Å². The molecule has 1 amide bonds. The van der Waals surface area contributed by atoms with Gasteiger partial charge in [0, 0.05) is 11.8 Å². The van der Waals surface area contributed by atoms with E-state index in [0.717, 1.165) is 6.07 Å². The zero-order valence-electron chi connectivity index (χ0n) is 15.9. The van der Waals surface area contributed by atoms with Crippen LogP contribution in [0.4, 0.5) is 10.1 Å². The Hall–Kier alpha value is -3.41. The fraction of sp³-hybridized carbons (Fsp3) is 0.182. The SMILES string of the molecule is Cc1nc(F)ccc1C(=O)Nc1cccc(Oc2ccccc2OC(C)C)c1. The Morgan fingerprint density at radius 1 is 1.04 bits per heavy atom. The lowest BCUT2D eigenvalue weighted by atomic mass is 10.2. The summed E-state index contributed by atoms with van der Waals surface area (Å²) >= 11 is 0. The molecule has 6 heteroatoms. The number of anilines is 1. The molecule has 0 unspecified atom stereocenters. The largest absolute Gasteiger partial charge is 0.487 e. The van der Waals surface area contributed by atoms with Crippen molar-refractivity contribution in [3.63, 3.8) is 0 Å². The van der Waals surface area contributed by atoms with Crippen LogP contribution in [0.15, 0.2) is 60.7 Å². The van der Waals surface area contributed by atoms with Crippen LogP contribution in [0.2, 0.25) is 0 Å². The van der Waals surface area contributed by atoms with Gasteiger partial charge in [0.15, 0.2) is 11.5 Å². The van der Waals surface area contributed by atoms with Gasteiger partial charge >= 0.3 is 0 Å². The highest BCUT2D eigenvalue weighted by Crippen LogP contribution is 2.32. The van der Waals surface area contributed by atoms with E-state index in [2.05, 4.69) is 10.3 Å². The van der Waals surface area contributed by atoms with E-state index in [1.165, 1.54) is 6.07 Å². The van der Waals surface area contributed by atoms with Crippen LogP contribution in [0, 0.1) is 12.9 Å². The third kappa shape index (κ3) is 4.85. The third-order valence-electron chi connectivity index (χ3n) is 3.83. The van der Waals surface area contributed by atoms with Crippen LogP contribution in [0.3, 0.4) is 0 Å². The molecule has 0 aliphatic rings.